The van der Waals surface area contributed by atoms with E-state index in [-0.39, 0.29) is 11.0 Å². The zero-order chi connectivity index (χ0) is 12.5. The zero-order valence-corrected chi connectivity index (χ0v) is 11.7. The molecule has 4 nitrogen and oxygen atoms in total. The molecule has 2 heterocycles. The summed E-state index contributed by atoms with van der Waals surface area (Å²) in [6.07, 6.45) is 1.88. The number of hydrogen-bond donors (Lipinski definition) is 1. The van der Waals surface area contributed by atoms with Crippen LogP contribution in [0.15, 0.2) is 0 Å². The molecular formula is C12H22N2O2S. The molecule has 0 bridgehead atoms. The van der Waals surface area contributed by atoms with Gasteiger partial charge in [0.2, 0.25) is 0 Å². The fourth-order valence-electron chi connectivity index (χ4n) is 2.27. The van der Waals surface area contributed by atoms with Crippen LogP contribution in [0.3, 0.4) is 0 Å². The van der Waals surface area contributed by atoms with Crippen LogP contribution in [0.2, 0.25) is 0 Å². The Kier molecular flexibility index (Phi) is 3.59. The van der Waals surface area contributed by atoms with Gasteiger partial charge in [0, 0.05) is 25.4 Å². The highest BCUT2D eigenvalue weighted by Crippen LogP contribution is 2.37. The minimum absolute atomic E-state index is 0.171. The van der Waals surface area contributed by atoms with E-state index in [1.807, 2.05) is 37.4 Å². The molecule has 1 spiro atoms. The smallest absolute Gasteiger partial charge is 0.410 e. The van der Waals surface area contributed by atoms with Gasteiger partial charge in [-0.15, -0.1) is 11.8 Å². The van der Waals surface area contributed by atoms with Crippen LogP contribution in [0.25, 0.3) is 0 Å². The molecule has 17 heavy (non-hydrogen) atoms. The van der Waals surface area contributed by atoms with Crippen LogP contribution in [0.1, 0.15) is 33.6 Å². The Morgan fingerprint density at radius 1 is 1.35 bits per heavy atom. The van der Waals surface area contributed by atoms with Crippen molar-refractivity contribution < 1.29 is 9.53 Å². The van der Waals surface area contributed by atoms with Gasteiger partial charge < -0.3 is 15.0 Å². The van der Waals surface area contributed by atoms with Crippen LogP contribution in [-0.4, -0.2) is 46.9 Å². The average Bonchev–Trinajstić information content (AvgIpc) is 2.65. The SMILES string of the molecule is CC(C)(C)OC(=O)N1CCC2(CC1)NCCS2. The lowest BCUT2D eigenvalue weighted by Crippen LogP contribution is -2.50. The molecule has 0 aromatic carbocycles. The molecule has 0 radical (unpaired) electrons. The molecule has 0 aliphatic carbocycles. The summed E-state index contributed by atoms with van der Waals surface area (Å²) in [4.78, 5) is 14.0. The largest absolute Gasteiger partial charge is 0.444 e. The van der Waals surface area contributed by atoms with Gasteiger partial charge in [0.1, 0.15) is 5.60 Å². The Morgan fingerprint density at radius 3 is 2.47 bits per heavy atom. The third-order valence-corrected chi connectivity index (χ3v) is 4.66. The molecule has 2 aliphatic heterocycles. The van der Waals surface area contributed by atoms with Crippen molar-refractivity contribution in [3.63, 3.8) is 0 Å². The fraction of sp³-hybridized carbons (Fsp3) is 0.917. The summed E-state index contributed by atoms with van der Waals surface area (Å²) < 4.78 is 5.39. The van der Waals surface area contributed by atoms with E-state index in [9.17, 15) is 4.79 Å². The highest BCUT2D eigenvalue weighted by atomic mass is 32.2. The topological polar surface area (TPSA) is 41.6 Å². The molecule has 2 aliphatic rings. The lowest BCUT2D eigenvalue weighted by Gasteiger charge is -2.39. The standard InChI is InChI=1S/C12H22N2O2S/c1-11(2,3)16-10(15)14-7-4-12(5-8-14)13-6-9-17-12/h13H,4-9H2,1-3H3. The van der Waals surface area contributed by atoms with Gasteiger partial charge in [-0.2, -0.15) is 0 Å². The van der Waals surface area contributed by atoms with Crippen molar-refractivity contribution >= 4 is 17.9 Å². The van der Waals surface area contributed by atoms with Crippen LogP contribution < -0.4 is 5.32 Å². The average molecular weight is 258 g/mol. The van der Waals surface area contributed by atoms with Crippen molar-refractivity contribution in [3.05, 3.63) is 0 Å². The third-order valence-electron chi connectivity index (χ3n) is 3.15. The van der Waals surface area contributed by atoms with E-state index in [4.69, 9.17) is 4.74 Å². The van der Waals surface area contributed by atoms with E-state index in [1.54, 1.807) is 0 Å². The Hall–Kier alpha value is -0.420. The maximum Gasteiger partial charge on any atom is 0.410 e. The van der Waals surface area contributed by atoms with Gasteiger partial charge in [-0.05, 0) is 33.6 Å². The van der Waals surface area contributed by atoms with Crippen LogP contribution in [0.5, 0.6) is 0 Å². The molecule has 2 fully saturated rings. The number of carbonyl (C=O) groups is 1. The molecule has 1 amide bonds. The van der Waals surface area contributed by atoms with Crippen molar-refractivity contribution in [2.24, 2.45) is 0 Å². The summed E-state index contributed by atoms with van der Waals surface area (Å²) in [7, 11) is 0. The number of carbonyl (C=O) groups excluding carboxylic acids is 1. The molecule has 1 N–H and O–H groups in total. The van der Waals surface area contributed by atoms with E-state index in [0.29, 0.717) is 0 Å². The summed E-state index contributed by atoms with van der Waals surface area (Å²) >= 11 is 2.00. The molecule has 98 valence electrons. The summed E-state index contributed by atoms with van der Waals surface area (Å²) in [5.74, 6) is 1.19. The van der Waals surface area contributed by atoms with Crippen LogP contribution in [0, 0.1) is 0 Å². The first kappa shape index (κ1) is 13.0. The number of nitrogens with zero attached hydrogens (tertiary/aromatic N) is 1. The lowest BCUT2D eigenvalue weighted by molar-refractivity contribution is 0.0191. The number of piperidine rings is 1. The Bertz CT molecular complexity index is 285. The predicted octanol–water partition coefficient (Wildman–Crippen LogP) is 2.05. The molecule has 2 saturated heterocycles. The van der Waals surface area contributed by atoms with Crippen molar-refractivity contribution in [1.29, 1.82) is 0 Å². The van der Waals surface area contributed by atoms with Gasteiger partial charge in [-0.1, -0.05) is 0 Å². The number of nitrogens with one attached hydrogen (secondary N) is 1. The lowest BCUT2D eigenvalue weighted by atomic mass is 10.0. The van der Waals surface area contributed by atoms with Crippen LogP contribution in [-0.2, 0) is 4.74 Å². The minimum Gasteiger partial charge on any atom is -0.444 e. The van der Waals surface area contributed by atoms with E-state index in [0.717, 1.165) is 32.5 Å². The summed E-state index contributed by atoms with van der Waals surface area (Å²) in [6.45, 7) is 8.42. The number of thioether (sulfide) groups is 1. The van der Waals surface area contributed by atoms with Crippen LogP contribution >= 0.6 is 11.8 Å². The molecule has 5 heteroatoms. The van der Waals surface area contributed by atoms with E-state index < -0.39 is 5.60 Å². The Balaban J connectivity index is 1.84. The van der Waals surface area contributed by atoms with E-state index in [2.05, 4.69) is 5.32 Å². The normalized spacial score (nSPS) is 24.1. The number of amides is 1. The van der Waals surface area contributed by atoms with Crippen molar-refractivity contribution in [2.75, 3.05) is 25.4 Å². The second-order valence-electron chi connectivity index (χ2n) is 5.74. The number of likely N-dealkylation sites (tertiary alicyclic amines) is 1. The highest BCUT2D eigenvalue weighted by Gasteiger charge is 2.39. The fourth-order valence-corrected chi connectivity index (χ4v) is 3.54. The predicted molar refractivity (Wildman–Crippen MR) is 70.2 cm³/mol. The molecule has 0 aromatic heterocycles. The molecule has 0 aromatic rings. The Morgan fingerprint density at radius 2 is 2.00 bits per heavy atom. The first-order chi connectivity index (χ1) is 7.90. The number of ether oxygens (including phenoxy) is 1. The molecule has 0 unspecified atom stereocenters. The molecule has 0 atom stereocenters. The van der Waals surface area contributed by atoms with E-state index >= 15 is 0 Å². The summed E-state index contributed by atoms with van der Waals surface area (Å²) in [6, 6.07) is 0. The molecular weight excluding hydrogens is 236 g/mol. The van der Waals surface area contributed by atoms with Gasteiger partial charge in [0.05, 0.1) is 4.87 Å². The Labute approximate surface area is 107 Å². The third kappa shape index (κ3) is 3.28. The quantitative estimate of drug-likeness (QED) is 0.722. The summed E-state index contributed by atoms with van der Waals surface area (Å²) in [5, 5.41) is 3.56. The first-order valence-electron chi connectivity index (χ1n) is 6.27. The monoisotopic (exact) mass is 258 g/mol. The van der Waals surface area contributed by atoms with Crippen molar-refractivity contribution in [1.82, 2.24) is 10.2 Å². The highest BCUT2D eigenvalue weighted by molar-refractivity contribution is 8.00. The maximum atomic E-state index is 11.9. The number of rotatable bonds is 0. The van der Waals surface area contributed by atoms with Crippen molar-refractivity contribution in [2.45, 2.75) is 44.1 Å². The molecule has 0 saturated carbocycles. The van der Waals surface area contributed by atoms with Gasteiger partial charge in [-0.3, -0.25) is 0 Å². The van der Waals surface area contributed by atoms with Gasteiger partial charge >= 0.3 is 6.09 Å². The maximum absolute atomic E-state index is 11.9. The van der Waals surface area contributed by atoms with Crippen molar-refractivity contribution in [3.8, 4) is 0 Å². The second-order valence-corrected chi connectivity index (χ2v) is 7.22. The van der Waals surface area contributed by atoms with Gasteiger partial charge in [0.25, 0.3) is 0 Å². The first-order valence-corrected chi connectivity index (χ1v) is 7.26. The molecule has 2 rings (SSSR count). The number of hydrogen-bond acceptors (Lipinski definition) is 4. The zero-order valence-electron chi connectivity index (χ0n) is 10.9. The minimum atomic E-state index is -0.396. The summed E-state index contributed by atoms with van der Waals surface area (Å²) in [5.41, 5.74) is -0.396. The van der Waals surface area contributed by atoms with Gasteiger partial charge in [0.15, 0.2) is 0 Å². The van der Waals surface area contributed by atoms with Crippen LogP contribution in [0.4, 0.5) is 4.79 Å². The van der Waals surface area contributed by atoms with Gasteiger partial charge in [-0.25, -0.2) is 4.79 Å². The van der Waals surface area contributed by atoms with E-state index in [1.165, 1.54) is 5.75 Å². The second kappa shape index (κ2) is 4.69.